The zero-order valence-electron chi connectivity index (χ0n) is 11.1. The summed E-state index contributed by atoms with van der Waals surface area (Å²) in [6, 6.07) is 1.70. The maximum atomic E-state index is 10.2. The Morgan fingerprint density at radius 1 is 1.50 bits per heavy atom. The molecular formula is C14H18ClNO2. The van der Waals surface area contributed by atoms with Gasteiger partial charge in [0.15, 0.2) is 0 Å². The Morgan fingerprint density at radius 2 is 2.11 bits per heavy atom. The monoisotopic (exact) mass is 267 g/mol. The lowest BCUT2D eigenvalue weighted by Crippen LogP contribution is -2.21. The summed E-state index contributed by atoms with van der Waals surface area (Å²) in [5.74, 6) is 0.484. The number of allylic oxidation sites excluding steroid dienone is 1. The Hall–Kier alpha value is -1.32. The minimum Gasteiger partial charge on any atom is -0.497 e. The van der Waals surface area contributed by atoms with Crippen LogP contribution in [0.3, 0.4) is 0 Å². The van der Waals surface area contributed by atoms with Crippen molar-refractivity contribution in [2.75, 3.05) is 7.11 Å². The minimum absolute atomic E-state index is 0.362. The van der Waals surface area contributed by atoms with E-state index in [2.05, 4.69) is 11.6 Å². The van der Waals surface area contributed by atoms with Gasteiger partial charge in [0.25, 0.3) is 0 Å². The largest absolute Gasteiger partial charge is 0.497 e. The van der Waals surface area contributed by atoms with Crippen LogP contribution in [-0.4, -0.2) is 22.8 Å². The topological polar surface area (TPSA) is 42.4 Å². The molecule has 1 aromatic rings. The number of rotatable bonds is 4. The molecule has 4 heteroatoms. The molecule has 0 aliphatic rings. The maximum absolute atomic E-state index is 10.2. The van der Waals surface area contributed by atoms with Crippen molar-refractivity contribution in [3.8, 4) is 0 Å². The molecular weight excluding hydrogens is 250 g/mol. The van der Waals surface area contributed by atoms with Crippen molar-refractivity contribution in [2.45, 2.75) is 26.4 Å². The molecule has 3 nitrogen and oxygen atoms in total. The van der Waals surface area contributed by atoms with Crippen LogP contribution in [0.5, 0.6) is 0 Å². The number of aromatic nitrogens is 1. The molecule has 0 saturated carbocycles. The molecule has 0 aliphatic heterocycles. The van der Waals surface area contributed by atoms with Crippen LogP contribution in [0.2, 0.25) is 5.15 Å². The molecule has 0 aromatic carbocycles. The Kier molecular flexibility index (Phi) is 4.54. The van der Waals surface area contributed by atoms with Crippen molar-refractivity contribution >= 4 is 22.9 Å². The highest BCUT2D eigenvalue weighted by Crippen LogP contribution is 2.33. The fraction of sp³-hybridized carbons (Fsp3) is 0.357. The highest BCUT2D eigenvalue weighted by molar-refractivity contribution is 6.29. The molecule has 18 heavy (non-hydrogen) atoms. The lowest BCUT2D eigenvalue weighted by molar-refractivity contribution is 0.143. The summed E-state index contributed by atoms with van der Waals surface area (Å²) in [6.07, 6.45) is 3.44. The average molecular weight is 268 g/mol. The number of ether oxygens (including phenoxy) is 1. The van der Waals surface area contributed by atoms with E-state index in [0.29, 0.717) is 10.9 Å². The summed E-state index contributed by atoms with van der Waals surface area (Å²) in [4.78, 5) is 4.02. The second kappa shape index (κ2) is 5.55. The summed E-state index contributed by atoms with van der Waals surface area (Å²) in [7, 11) is 1.54. The van der Waals surface area contributed by atoms with Gasteiger partial charge in [0.05, 0.1) is 12.7 Å². The molecule has 0 spiro atoms. The van der Waals surface area contributed by atoms with Crippen LogP contribution in [0.1, 0.15) is 31.9 Å². The molecule has 0 aliphatic carbocycles. The van der Waals surface area contributed by atoms with Crippen molar-refractivity contribution in [3.05, 3.63) is 41.2 Å². The smallest absolute Gasteiger partial charge is 0.129 e. The van der Waals surface area contributed by atoms with Gasteiger partial charge in [0.1, 0.15) is 10.9 Å². The van der Waals surface area contributed by atoms with Crippen LogP contribution in [-0.2, 0) is 4.74 Å². The van der Waals surface area contributed by atoms with Gasteiger partial charge < -0.3 is 9.84 Å². The molecule has 0 unspecified atom stereocenters. The van der Waals surface area contributed by atoms with Crippen LogP contribution < -0.4 is 0 Å². The predicted molar refractivity (Wildman–Crippen MR) is 75.2 cm³/mol. The van der Waals surface area contributed by atoms with Crippen LogP contribution in [0.4, 0.5) is 0 Å². The Morgan fingerprint density at radius 3 is 2.56 bits per heavy atom. The molecule has 1 aromatic heterocycles. The lowest BCUT2D eigenvalue weighted by atomic mass is 9.89. The summed E-state index contributed by atoms with van der Waals surface area (Å²) < 4.78 is 5.14. The van der Waals surface area contributed by atoms with Gasteiger partial charge in [-0.15, -0.1) is 0 Å². The third kappa shape index (κ3) is 3.12. The van der Waals surface area contributed by atoms with E-state index in [4.69, 9.17) is 16.3 Å². The van der Waals surface area contributed by atoms with E-state index in [1.807, 2.05) is 13.0 Å². The highest BCUT2D eigenvalue weighted by atomic mass is 35.5. The fourth-order valence-corrected chi connectivity index (χ4v) is 1.98. The van der Waals surface area contributed by atoms with Gasteiger partial charge in [-0.3, -0.25) is 0 Å². The highest BCUT2D eigenvalue weighted by Gasteiger charge is 2.23. The second-order valence-corrected chi connectivity index (χ2v) is 4.83. The van der Waals surface area contributed by atoms with Gasteiger partial charge in [-0.1, -0.05) is 24.3 Å². The number of hydrogen-bond acceptors (Lipinski definition) is 3. The van der Waals surface area contributed by atoms with Crippen molar-refractivity contribution in [3.63, 3.8) is 0 Å². The standard InChI is InChI=1S/C14H18ClNO2/c1-6-12(14(3,4)17)10-7-13(15)16-8-11(10)9(2)18-5/h6-8,17H,2H2,1,3-5H3/b12-6+. The first-order valence-corrected chi connectivity index (χ1v) is 5.97. The van der Waals surface area contributed by atoms with E-state index in [-0.39, 0.29) is 0 Å². The average Bonchev–Trinajstić information content (AvgIpc) is 2.27. The summed E-state index contributed by atoms with van der Waals surface area (Å²) >= 11 is 5.93. The van der Waals surface area contributed by atoms with E-state index < -0.39 is 5.60 Å². The predicted octanol–water partition coefficient (Wildman–Crippen LogP) is 3.53. The van der Waals surface area contributed by atoms with E-state index in [1.165, 1.54) is 0 Å². The number of halogens is 1. The van der Waals surface area contributed by atoms with Gasteiger partial charge in [0.2, 0.25) is 0 Å². The van der Waals surface area contributed by atoms with E-state index in [0.717, 1.165) is 16.7 Å². The number of nitrogens with zero attached hydrogens (tertiary/aromatic N) is 1. The number of methoxy groups -OCH3 is 1. The molecule has 1 N–H and O–H groups in total. The maximum Gasteiger partial charge on any atom is 0.129 e. The molecule has 98 valence electrons. The first kappa shape index (κ1) is 14.7. The molecule has 0 amide bonds. The molecule has 0 radical (unpaired) electrons. The molecule has 0 atom stereocenters. The van der Waals surface area contributed by atoms with Gasteiger partial charge >= 0.3 is 0 Å². The molecule has 1 rings (SSSR count). The summed E-state index contributed by atoms with van der Waals surface area (Å²) in [5, 5.41) is 10.6. The van der Waals surface area contributed by atoms with E-state index >= 15 is 0 Å². The number of hydrogen-bond donors (Lipinski definition) is 1. The SMILES string of the molecule is C=C(OC)c1cnc(Cl)cc1/C(=C\C)C(C)(C)O. The number of aliphatic hydroxyl groups is 1. The summed E-state index contributed by atoms with van der Waals surface area (Å²) in [6.45, 7) is 9.12. The quantitative estimate of drug-likeness (QED) is 0.670. The first-order chi connectivity index (χ1) is 8.31. The zero-order valence-corrected chi connectivity index (χ0v) is 11.9. The fourth-order valence-electron chi connectivity index (χ4n) is 1.82. The van der Waals surface area contributed by atoms with Crippen LogP contribution in [0, 0.1) is 0 Å². The van der Waals surface area contributed by atoms with Crippen LogP contribution in [0.15, 0.2) is 24.9 Å². The van der Waals surface area contributed by atoms with Crippen LogP contribution >= 0.6 is 11.6 Å². The van der Waals surface area contributed by atoms with Crippen molar-refractivity contribution in [1.82, 2.24) is 4.98 Å². The van der Waals surface area contributed by atoms with Crippen molar-refractivity contribution < 1.29 is 9.84 Å². The molecule has 0 saturated heterocycles. The number of pyridine rings is 1. The lowest BCUT2D eigenvalue weighted by Gasteiger charge is -2.24. The van der Waals surface area contributed by atoms with Gasteiger partial charge in [0, 0.05) is 11.8 Å². The Balaban J connectivity index is 3.47. The van der Waals surface area contributed by atoms with Crippen LogP contribution in [0.25, 0.3) is 11.3 Å². The molecule has 1 heterocycles. The Labute approximate surface area is 113 Å². The third-order valence-corrected chi connectivity index (χ3v) is 2.86. The molecule has 0 fully saturated rings. The van der Waals surface area contributed by atoms with E-state index in [1.54, 1.807) is 33.2 Å². The van der Waals surface area contributed by atoms with Gasteiger partial charge in [-0.2, -0.15) is 0 Å². The van der Waals surface area contributed by atoms with Crippen molar-refractivity contribution in [2.24, 2.45) is 0 Å². The molecule has 0 bridgehead atoms. The van der Waals surface area contributed by atoms with Crippen molar-refractivity contribution in [1.29, 1.82) is 0 Å². The summed E-state index contributed by atoms with van der Waals surface area (Å²) in [5.41, 5.74) is 1.26. The minimum atomic E-state index is -0.984. The second-order valence-electron chi connectivity index (χ2n) is 4.44. The Bertz CT molecular complexity index is 487. The normalized spacial score (nSPS) is 12.4. The first-order valence-electron chi connectivity index (χ1n) is 5.59. The van der Waals surface area contributed by atoms with Gasteiger partial charge in [-0.25, -0.2) is 4.98 Å². The van der Waals surface area contributed by atoms with Gasteiger partial charge in [-0.05, 0) is 38.0 Å². The van der Waals surface area contributed by atoms with E-state index in [9.17, 15) is 5.11 Å². The zero-order chi connectivity index (χ0) is 13.9. The third-order valence-electron chi connectivity index (χ3n) is 2.66.